The van der Waals surface area contributed by atoms with Crippen LogP contribution in [-0.2, 0) is 0 Å². The number of nitrogens with two attached hydrogens (primary N) is 1. The quantitative estimate of drug-likeness (QED) is 0.554. The normalized spacial score (nSPS) is 12.8. The lowest BCUT2D eigenvalue weighted by Crippen LogP contribution is -2.28. The van der Waals surface area contributed by atoms with Crippen LogP contribution >= 0.6 is 22.9 Å². The molecule has 0 saturated carbocycles. The summed E-state index contributed by atoms with van der Waals surface area (Å²) in [7, 11) is 0. The number of benzene rings is 2. The Hall–Kier alpha value is -1.53. The van der Waals surface area contributed by atoms with Crippen LogP contribution in [0.1, 0.15) is 16.5 Å². The second-order valence-electron chi connectivity index (χ2n) is 4.60. The van der Waals surface area contributed by atoms with Gasteiger partial charge in [0.25, 0.3) is 0 Å². The van der Waals surface area contributed by atoms with Crippen molar-refractivity contribution in [1.29, 1.82) is 0 Å². The van der Waals surface area contributed by atoms with E-state index in [4.69, 9.17) is 17.4 Å². The molecule has 1 unspecified atom stereocenters. The molecule has 0 amide bonds. The Morgan fingerprint density at radius 3 is 2.52 bits per heavy atom. The minimum absolute atomic E-state index is 0.298. The molecule has 0 aliphatic heterocycles. The van der Waals surface area contributed by atoms with Crippen molar-refractivity contribution in [2.24, 2.45) is 5.84 Å². The third-order valence-electron chi connectivity index (χ3n) is 3.22. The minimum Gasteiger partial charge on any atom is -0.271 e. The lowest BCUT2D eigenvalue weighted by molar-refractivity contribution is 0.609. The summed E-state index contributed by atoms with van der Waals surface area (Å²) in [6.45, 7) is 0. The van der Waals surface area contributed by atoms with Crippen molar-refractivity contribution in [3.63, 3.8) is 0 Å². The number of hydrogen-bond acceptors (Lipinski definition) is 3. The topological polar surface area (TPSA) is 38.0 Å². The summed E-state index contributed by atoms with van der Waals surface area (Å²) in [5.41, 5.74) is 3.19. The van der Waals surface area contributed by atoms with Gasteiger partial charge in [-0.25, -0.2) is 14.2 Å². The summed E-state index contributed by atoms with van der Waals surface area (Å²) in [5, 5.41) is 1.20. The zero-order valence-corrected chi connectivity index (χ0v) is 12.3. The molecule has 6 heteroatoms. The maximum Gasteiger partial charge on any atom is 0.123 e. The maximum absolute atomic E-state index is 13.4. The fourth-order valence-corrected chi connectivity index (χ4v) is 3.59. The molecule has 0 bridgehead atoms. The molecule has 1 aromatic heterocycles. The Bertz CT molecular complexity index is 803. The van der Waals surface area contributed by atoms with Crippen LogP contribution in [0.2, 0.25) is 5.02 Å². The number of halogens is 3. The maximum atomic E-state index is 13.4. The second-order valence-corrected chi connectivity index (χ2v) is 6.12. The molecule has 2 nitrogen and oxygen atoms in total. The number of hydrazine groups is 1. The third kappa shape index (κ3) is 2.78. The number of nitrogens with one attached hydrogen (secondary N) is 1. The fraction of sp³-hybridized carbons (Fsp3) is 0.0667. The average molecular weight is 325 g/mol. The minimum atomic E-state index is -0.450. The molecule has 0 saturated heterocycles. The highest BCUT2D eigenvalue weighted by Gasteiger charge is 2.19. The van der Waals surface area contributed by atoms with E-state index < -0.39 is 6.04 Å². The lowest BCUT2D eigenvalue weighted by Gasteiger charge is -2.16. The summed E-state index contributed by atoms with van der Waals surface area (Å²) < 4.78 is 27.6. The Morgan fingerprint density at radius 2 is 1.76 bits per heavy atom. The summed E-state index contributed by atoms with van der Waals surface area (Å²) in [5.74, 6) is 4.92. The van der Waals surface area contributed by atoms with Crippen LogP contribution in [0.4, 0.5) is 8.78 Å². The molecule has 0 spiro atoms. The SMILES string of the molecule is NNC(c1cc2cc(F)ccc2s1)c1cc(F)ccc1Cl. The van der Waals surface area contributed by atoms with E-state index in [0.29, 0.717) is 10.6 Å². The first-order valence-electron chi connectivity index (χ1n) is 6.18. The largest absolute Gasteiger partial charge is 0.271 e. The van der Waals surface area contributed by atoms with E-state index in [-0.39, 0.29) is 11.6 Å². The first-order chi connectivity index (χ1) is 10.1. The summed E-state index contributed by atoms with van der Waals surface area (Å²) >= 11 is 7.58. The number of thiophene rings is 1. The van der Waals surface area contributed by atoms with E-state index in [0.717, 1.165) is 15.0 Å². The first kappa shape index (κ1) is 14.4. The van der Waals surface area contributed by atoms with Crippen molar-refractivity contribution in [2.75, 3.05) is 0 Å². The van der Waals surface area contributed by atoms with Gasteiger partial charge in [-0.15, -0.1) is 11.3 Å². The van der Waals surface area contributed by atoms with Gasteiger partial charge in [-0.1, -0.05) is 11.6 Å². The molecule has 2 aromatic carbocycles. The highest BCUT2D eigenvalue weighted by Crippen LogP contribution is 2.35. The zero-order valence-electron chi connectivity index (χ0n) is 10.7. The van der Waals surface area contributed by atoms with Crippen LogP contribution in [0.15, 0.2) is 42.5 Å². The number of hydrogen-bond donors (Lipinski definition) is 2. The van der Waals surface area contributed by atoms with Crippen LogP contribution in [-0.4, -0.2) is 0 Å². The van der Waals surface area contributed by atoms with Crippen molar-refractivity contribution < 1.29 is 8.78 Å². The van der Waals surface area contributed by atoms with Gasteiger partial charge in [-0.05, 0) is 53.4 Å². The van der Waals surface area contributed by atoms with Gasteiger partial charge in [0, 0.05) is 14.6 Å². The van der Waals surface area contributed by atoms with Crippen molar-refractivity contribution >= 4 is 33.0 Å². The molecule has 3 N–H and O–H groups in total. The summed E-state index contributed by atoms with van der Waals surface area (Å²) in [4.78, 5) is 0.839. The fourth-order valence-electron chi connectivity index (χ4n) is 2.24. The monoisotopic (exact) mass is 324 g/mol. The molecule has 1 heterocycles. The van der Waals surface area contributed by atoms with Crippen LogP contribution in [0.25, 0.3) is 10.1 Å². The van der Waals surface area contributed by atoms with Crippen molar-refractivity contribution in [2.45, 2.75) is 6.04 Å². The average Bonchev–Trinajstić information content (AvgIpc) is 2.86. The van der Waals surface area contributed by atoms with E-state index in [1.807, 2.05) is 6.07 Å². The third-order valence-corrected chi connectivity index (χ3v) is 4.74. The van der Waals surface area contributed by atoms with Gasteiger partial charge in [0.1, 0.15) is 11.6 Å². The van der Waals surface area contributed by atoms with E-state index >= 15 is 0 Å². The van der Waals surface area contributed by atoms with E-state index in [1.165, 1.54) is 41.7 Å². The van der Waals surface area contributed by atoms with Crippen molar-refractivity contribution in [3.8, 4) is 0 Å². The second kappa shape index (κ2) is 5.69. The molecule has 0 aliphatic rings. The van der Waals surface area contributed by atoms with Crippen molar-refractivity contribution in [1.82, 2.24) is 5.43 Å². The van der Waals surface area contributed by atoms with Crippen LogP contribution in [0.3, 0.4) is 0 Å². The smallest absolute Gasteiger partial charge is 0.123 e. The molecule has 0 radical (unpaired) electrons. The summed E-state index contributed by atoms with van der Waals surface area (Å²) in [6.07, 6.45) is 0. The molecule has 0 fully saturated rings. The predicted octanol–water partition coefficient (Wildman–Crippen LogP) is 4.39. The lowest BCUT2D eigenvalue weighted by atomic mass is 10.1. The van der Waals surface area contributed by atoms with E-state index in [9.17, 15) is 8.78 Å². The Balaban J connectivity index is 2.11. The first-order valence-corrected chi connectivity index (χ1v) is 7.38. The van der Waals surface area contributed by atoms with Gasteiger partial charge < -0.3 is 0 Å². The molecular formula is C15H11ClF2N2S. The van der Waals surface area contributed by atoms with Crippen LogP contribution < -0.4 is 11.3 Å². The Labute approximate surface area is 129 Å². The van der Waals surface area contributed by atoms with Gasteiger partial charge in [0.15, 0.2) is 0 Å². The number of fused-ring (bicyclic) bond motifs is 1. The van der Waals surface area contributed by atoms with E-state index in [2.05, 4.69) is 5.43 Å². The highest BCUT2D eigenvalue weighted by atomic mass is 35.5. The predicted molar refractivity (Wildman–Crippen MR) is 82.4 cm³/mol. The van der Waals surface area contributed by atoms with E-state index in [1.54, 1.807) is 6.07 Å². The van der Waals surface area contributed by atoms with Gasteiger partial charge in [0.2, 0.25) is 0 Å². The molecule has 3 aromatic rings. The highest BCUT2D eigenvalue weighted by molar-refractivity contribution is 7.19. The van der Waals surface area contributed by atoms with Gasteiger partial charge in [-0.3, -0.25) is 5.84 Å². The zero-order chi connectivity index (χ0) is 15.0. The standard InChI is InChI=1S/C15H11ClF2N2S/c16-12-3-1-10(18)7-11(12)15(20-19)14-6-8-5-9(17)2-4-13(8)21-14/h1-7,15,20H,19H2. The van der Waals surface area contributed by atoms with Gasteiger partial charge >= 0.3 is 0 Å². The Kier molecular flexibility index (Phi) is 3.91. The number of rotatable bonds is 3. The molecule has 0 aliphatic carbocycles. The van der Waals surface area contributed by atoms with Crippen molar-refractivity contribution in [3.05, 3.63) is 69.6 Å². The Morgan fingerprint density at radius 1 is 1.05 bits per heavy atom. The van der Waals surface area contributed by atoms with Crippen LogP contribution in [0.5, 0.6) is 0 Å². The molecule has 21 heavy (non-hydrogen) atoms. The van der Waals surface area contributed by atoms with Crippen LogP contribution in [0, 0.1) is 11.6 Å². The van der Waals surface area contributed by atoms with Gasteiger partial charge in [0.05, 0.1) is 6.04 Å². The molecule has 1 atom stereocenters. The summed E-state index contributed by atoms with van der Waals surface area (Å²) in [6, 6.07) is 10.1. The van der Waals surface area contributed by atoms with Gasteiger partial charge in [-0.2, -0.15) is 0 Å². The molecular weight excluding hydrogens is 314 g/mol. The molecule has 108 valence electrons. The molecule has 3 rings (SSSR count).